The van der Waals surface area contributed by atoms with E-state index in [1.165, 1.54) is 6.21 Å². The van der Waals surface area contributed by atoms with Crippen molar-refractivity contribution in [3.05, 3.63) is 83.2 Å². The number of aromatic nitrogens is 3. The number of hydrogen-bond acceptors (Lipinski definition) is 4. The molecule has 0 saturated carbocycles. The molecule has 2 heterocycles. The molecule has 2 aromatic carbocycles. The minimum atomic E-state index is -0.569. The van der Waals surface area contributed by atoms with Crippen LogP contribution in [0.3, 0.4) is 0 Å². The number of imidazole rings is 1. The van der Waals surface area contributed by atoms with Crippen molar-refractivity contribution in [2.45, 2.75) is 6.92 Å². The Morgan fingerprint density at radius 1 is 1.22 bits per heavy atom. The molecule has 0 aliphatic heterocycles. The maximum absolute atomic E-state index is 11.5. The predicted molar refractivity (Wildman–Crippen MR) is 127 cm³/mol. The summed E-state index contributed by atoms with van der Waals surface area (Å²) < 4.78 is 1.94. The fourth-order valence-electron chi connectivity index (χ4n) is 3.69. The van der Waals surface area contributed by atoms with Crippen molar-refractivity contribution in [3.63, 3.8) is 0 Å². The lowest BCUT2D eigenvalue weighted by Crippen LogP contribution is -2.72. The average Bonchev–Trinajstić information content (AvgIpc) is 3.26. The summed E-state index contributed by atoms with van der Waals surface area (Å²) in [6.07, 6.45) is 6.80. The number of quaternary nitrogens is 1. The van der Waals surface area contributed by atoms with Gasteiger partial charge in [0, 0.05) is 34.4 Å². The van der Waals surface area contributed by atoms with Gasteiger partial charge in [0.15, 0.2) is 0 Å². The van der Waals surface area contributed by atoms with Crippen LogP contribution < -0.4 is 11.1 Å². The summed E-state index contributed by atoms with van der Waals surface area (Å²) in [5.41, 5.74) is 10.5. The number of nitrogens with one attached hydrogen (secondary N) is 1. The van der Waals surface area contributed by atoms with Crippen LogP contribution in [0.4, 0.5) is 0 Å². The van der Waals surface area contributed by atoms with Crippen LogP contribution >= 0.6 is 11.6 Å². The molecule has 0 bridgehead atoms. The van der Waals surface area contributed by atoms with Crippen molar-refractivity contribution in [1.29, 1.82) is 5.41 Å². The Bertz CT molecular complexity index is 1390. The van der Waals surface area contributed by atoms with Crippen molar-refractivity contribution in [1.82, 2.24) is 14.5 Å². The maximum Gasteiger partial charge on any atom is 0.250 e. The first-order valence-corrected chi connectivity index (χ1v) is 10.4. The molecule has 7 nitrogen and oxygen atoms in total. The van der Waals surface area contributed by atoms with Crippen LogP contribution in [0.5, 0.6) is 0 Å². The van der Waals surface area contributed by atoms with Crippen LogP contribution in [0, 0.1) is 12.3 Å². The monoisotopic (exact) mass is 445 g/mol. The minimum Gasteiger partial charge on any atom is -0.366 e. The Morgan fingerprint density at radius 2 is 2.03 bits per heavy atom. The molecule has 8 heteroatoms. The van der Waals surface area contributed by atoms with Crippen LogP contribution in [0.15, 0.2) is 61.2 Å². The second kappa shape index (κ2) is 8.74. The first-order valence-electron chi connectivity index (χ1n) is 9.98. The quantitative estimate of drug-likeness (QED) is 0.395. The van der Waals surface area contributed by atoms with E-state index in [0.717, 1.165) is 44.7 Å². The Hall–Kier alpha value is -3.81. The molecule has 1 amide bonds. The van der Waals surface area contributed by atoms with Crippen LogP contribution in [0.25, 0.3) is 33.3 Å². The Morgan fingerprint density at radius 3 is 2.72 bits per heavy atom. The third-order valence-electron chi connectivity index (χ3n) is 5.15. The van der Waals surface area contributed by atoms with Gasteiger partial charge in [-0.25, -0.2) is 4.98 Å². The van der Waals surface area contributed by atoms with Crippen molar-refractivity contribution in [2.24, 2.45) is 5.73 Å². The fraction of sp³-hybridized carbons (Fsp3) is 0.0833. The largest absolute Gasteiger partial charge is 0.366 e. The van der Waals surface area contributed by atoms with Crippen LogP contribution in [0.2, 0.25) is 5.02 Å². The summed E-state index contributed by atoms with van der Waals surface area (Å²) >= 11 is 6.30. The molecule has 4 aromatic rings. The predicted octanol–water partition coefficient (Wildman–Crippen LogP) is 3.33. The smallest absolute Gasteiger partial charge is 0.250 e. The molecule has 32 heavy (non-hydrogen) atoms. The first kappa shape index (κ1) is 21.4. The maximum atomic E-state index is 11.5. The van der Waals surface area contributed by atoms with Crippen molar-refractivity contribution >= 4 is 40.1 Å². The molecule has 0 aliphatic rings. The van der Waals surface area contributed by atoms with Gasteiger partial charge in [-0.3, -0.25) is 9.78 Å². The lowest BCUT2D eigenvalue weighted by atomic mass is 10.0. The SMILES string of the molecule is C[NH2+]/C=C(\C=N)c1cn(-c2cccc3c(-c4ccc(C(N)=O)c(Cl)c4)nc(C)cc23)cn1. The number of allylic oxidation sites excluding steroid dienone is 1. The van der Waals surface area contributed by atoms with Crippen molar-refractivity contribution in [3.8, 4) is 16.9 Å². The van der Waals surface area contributed by atoms with E-state index in [-0.39, 0.29) is 5.56 Å². The van der Waals surface area contributed by atoms with E-state index in [2.05, 4.69) is 4.98 Å². The lowest BCUT2D eigenvalue weighted by Gasteiger charge is -2.13. The number of primary amides is 1. The highest BCUT2D eigenvalue weighted by Gasteiger charge is 2.15. The zero-order valence-electron chi connectivity index (χ0n) is 17.6. The molecule has 0 atom stereocenters. The number of rotatable bonds is 6. The number of nitrogens with zero attached hydrogens (tertiary/aromatic N) is 3. The van der Waals surface area contributed by atoms with Crippen molar-refractivity contribution < 1.29 is 10.1 Å². The topological polar surface area (TPSA) is 114 Å². The number of halogens is 1. The normalized spacial score (nSPS) is 11.7. The zero-order chi connectivity index (χ0) is 22.8. The average molecular weight is 446 g/mol. The Kier molecular flexibility index (Phi) is 5.85. The van der Waals surface area contributed by atoms with Gasteiger partial charge in [0.1, 0.15) is 6.20 Å². The Labute approximate surface area is 190 Å². The molecule has 0 radical (unpaired) electrons. The standard InChI is InChI=1S/C24H21ClN6O/c1-14-8-19-17(23(30-14)15-6-7-18(24(27)32)20(25)9-15)4-3-5-22(19)31-12-21(29-13-31)16(10-26)11-28-2/h3-13,26,28H,1-2H3,(H2,27,32)/p+1/b16-11+,26-10?. The number of benzene rings is 2. The van der Waals surface area contributed by atoms with Crippen molar-refractivity contribution in [2.75, 3.05) is 7.05 Å². The zero-order valence-corrected chi connectivity index (χ0v) is 18.4. The van der Waals surface area contributed by atoms with Gasteiger partial charge in [0.05, 0.1) is 46.6 Å². The summed E-state index contributed by atoms with van der Waals surface area (Å²) in [4.78, 5) is 20.8. The molecule has 160 valence electrons. The van der Waals surface area contributed by atoms with Gasteiger partial charge in [-0.15, -0.1) is 0 Å². The number of fused-ring (bicyclic) bond motifs is 1. The van der Waals surface area contributed by atoms with Gasteiger partial charge in [0.25, 0.3) is 0 Å². The van der Waals surface area contributed by atoms with Crippen LogP contribution in [-0.2, 0) is 0 Å². The molecule has 0 aliphatic carbocycles. The summed E-state index contributed by atoms with van der Waals surface area (Å²) in [7, 11) is 1.91. The number of carbonyl (C=O) groups excluding carboxylic acids is 1. The van der Waals surface area contributed by atoms with Gasteiger partial charge in [-0.1, -0.05) is 29.8 Å². The number of hydrogen-bond donors (Lipinski definition) is 3. The summed E-state index contributed by atoms with van der Waals surface area (Å²) in [6.45, 7) is 1.94. The summed E-state index contributed by atoms with van der Waals surface area (Å²) in [6, 6.07) is 13.1. The second-order valence-corrected chi connectivity index (χ2v) is 7.72. The van der Waals surface area contributed by atoms with E-state index in [1.807, 2.05) is 60.5 Å². The highest BCUT2D eigenvalue weighted by Crippen LogP contribution is 2.33. The van der Waals surface area contributed by atoms with E-state index in [1.54, 1.807) is 24.5 Å². The molecule has 0 unspecified atom stereocenters. The van der Waals surface area contributed by atoms with Gasteiger partial charge in [0.2, 0.25) is 5.91 Å². The number of amides is 1. The molecular weight excluding hydrogens is 424 g/mol. The van der Waals surface area contributed by atoms with E-state index in [0.29, 0.717) is 5.02 Å². The van der Waals surface area contributed by atoms with Gasteiger partial charge in [-0.05, 0) is 31.2 Å². The fourth-order valence-corrected chi connectivity index (χ4v) is 3.96. The number of pyridine rings is 1. The highest BCUT2D eigenvalue weighted by molar-refractivity contribution is 6.34. The number of carbonyl (C=O) groups is 1. The summed E-state index contributed by atoms with van der Waals surface area (Å²) in [5.74, 6) is -0.569. The van der Waals surface area contributed by atoms with Crippen LogP contribution in [0.1, 0.15) is 21.7 Å². The first-order chi connectivity index (χ1) is 15.4. The number of aryl methyl sites for hydroxylation is 1. The molecule has 5 N–H and O–H groups in total. The molecular formula is C24H22ClN6O+. The van der Waals surface area contributed by atoms with Crippen LogP contribution in [-0.4, -0.2) is 33.7 Å². The summed E-state index contributed by atoms with van der Waals surface area (Å²) in [5, 5.41) is 11.8. The number of nitrogens with two attached hydrogens (primary N) is 2. The van der Waals surface area contributed by atoms with Gasteiger partial charge < -0.3 is 21.0 Å². The van der Waals surface area contributed by atoms with Gasteiger partial charge in [-0.2, -0.15) is 0 Å². The minimum absolute atomic E-state index is 0.276. The van der Waals surface area contributed by atoms with E-state index in [4.69, 9.17) is 27.7 Å². The molecule has 4 rings (SSSR count). The Balaban J connectivity index is 1.89. The second-order valence-electron chi connectivity index (χ2n) is 7.31. The lowest BCUT2D eigenvalue weighted by molar-refractivity contribution is -0.555. The molecule has 0 fully saturated rings. The van der Waals surface area contributed by atoms with E-state index >= 15 is 0 Å². The van der Waals surface area contributed by atoms with E-state index < -0.39 is 5.91 Å². The van der Waals surface area contributed by atoms with E-state index in [9.17, 15) is 4.79 Å². The molecule has 0 saturated heterocycles. The third kappa shape index (κ3) is 3.91. The third-order valence-corrected chi connectivity index (χ3v) is 5.46. The molecule has 2 aromatic heterocycles. The molecule has 0 spiro atoms. The highest BCUT2D eigenvalue weighted by atomic mass is 35.5. The van der Waals surface area contributed by atoms with Gasteiger partial charge >= 0.3 is 0 Å².